The summed E-state index contributed by atoms with van der Waals surface area (Å²) in [6.45, 7) is 2.71. The van der Waals surface area contributed by atoms with Gasteiger partial charge in [0.1, 0.15) is 6.61 Å². The van der Waals surface area contributed by atoms with Crippen LogP contribution in [0.25, 0.3) is 0 Å². The summed E-state index contributed by atoms with van der Waals surface area (Å²) >= 11 is 6.24. The first-order chi connectivity index (χ1) is 11.5. The number of rotatable bonds is 5. The molecule has 1 heterocycles. The molecule has 2 fully saturated rings. The molecule has 6 heteroatoms. The van der Waals surface area contributed by atoms with Crippen LogP contribution in [0.4, 0.5) is 0 Å². The van der Waals surface area contributed by atoms with Crippen molar-refractivity contribution in [3.05, 3.63) is 34.9 Å². The number of carbonyl (C=O) groups excluding carboxylic acids is 2. The normalized spacial score (nSPS) is 25.5. The third-order valence-corrected chi connectivity index (χ3v) is 5.66. The van der Waals surface area contributed by atoms with Gasteiger partial charge in [0.15, 0.2) is 6.10 Å². The van der Waals surface area contributed by atoms with Crippen molar-refractivity contribution >= 4 is 23.4 Å². The molecule has 1 aliphatic heterocycles. The summed E-state index contributed by atoms with van der Waals surface area (Å²) in [4.78, 5) is 24.4. The first kappa shape index (κ1) is 17.2. The number of amides is 2. The summed E-state index contributed by atoms with van der Waals surface area (Å²) in [5, 5.41) is 6.37. The molecular weight excluding hydrogens is 328 g/mol. The van der Waals surface area contributed by atoms with Gasteiger partial charge in [-0.05, 0) is 36.3 Å². The molecule has 5 nitrogen and oxygen atoms in total. The minimum Gasteiger partial charge on any atom is -0.356 e. The highest BCUT2D eigenvalue weighted by atomic mass is 35.5. The van der Waals surface area contributed by atoms with Crippen LogP contribution in [0.3, 0.4) is 0 Å². The number of hydrogen-bond acceptors (Lipinski definition) is 3. The van der Waals surface area contributed by atoms with Gasteiger partial charge in [-0.25, -0.2) is 0 Å². The fourth-order valence-corrected chi connectivity index (χ4v) is 3.71. The van der Waals surface area contributed by atoms with Crippen molar-refractivity contribution in [1.29, 1.82) is 0 Å². The Morgan fingerprint density at radius 2 is 2.17 bits per heavy atom. The highest BCUT2D eigenvalue weighted by Crippen LogP contribution is 2.43. The van der Waals surface area contributed by atoms with Crippen molar-refractivity contribution in [2.75, 3.05) is 13.2 Å². The third-order valence-electron chi connectivity index (χ3n) is 5.31. The van der Waals surface area contributed by atoms with E-state index in [0.717, 1.165) is 19.3 Å². The van der Waals surface area contributed by atoms with Crippen molar-refractivity contribution in [2.45, 2.75) is 44.8 Å². The average Bonchev–Trinajstić information content (AvgIpc) is 2.54. The standard InChI is InChI=1S/C18H23ClN2O3/c1-2-18(8-5-9-18)11-20-17(23)16-15(21-14(22)10-24-16)12-6-3-4-7-13(12)19/h3-4,6-7,15-16H,2,5,8-11H2,1H3,(H,20,23)(H,21,22)/t15-,16+/m1/s1. The number of ether oxygens (including phenoxy) is 1. The second-order valence-electron chi connectivity index (χ2n) is 6.72. The predicted molar refractivity (Wildman–Crippen MR) is 91.7 cm³/mol. The maximum Gasteiger partial charge on any atom is 0.251 e. The van der Waals surface area contributed by atoms with E-state index in [2.05, 4.69) is 17.6 Å². The summed E-state index contributed by atoms with van der Waals surface area (Å²) in [5.41, 5.74) is 0.925. The lowest BCUT2D eigenvalue weighted by Crippen LogP contribution is -2.54. The monoisotopic (exact) mass is 350 g/mol. The smallest absolute Gasteiger partial charge is 0.251 e. The summed E-state index contributed by atoms with van der Waals surface area (Å²) in [5.74, 6) is -0.437. The molecule has 1 saturated carbocycles. The molecule has 1 aromatic rings. The van der Waals surface area contributed by atoms with Crippen molar-refractivity contribution in [2.24, 2.45) is 5.41 Å². The summed E-state index contributed by atoms with van der Waals surface area (Å²) in [6, 6.07) is 6.62. The van der Waals surface area contributed by atoms with Gasteiger partial charge in [-0.15, -0.1) is 0 Å². The van der Waals surface area contributed by atoms with E-state index < -0.39 is 12.1 Å². The van der Waals surface area contributed by atoms with E-state index in [1.54, 1.807) is 6.07 Å². The lowest BCUT2D eigenvalue weighted by atomic mass is 9.67. The molecule has 2 aliphatic rings. The van der Waals surface area contributed by atoms with Crippen LogP contribution < -0.4 is 10.6 Å². The molecule has 0 aromatic heterocycles. The van der Waals surface area contributed by atoms with Gasteiger partial charge in [0.25, 0.3) is 5.91 Å². The van der Waals surface area contributed by atoms with Crippen LogP contribution in [0.1, 0.15) is 44.2 Å². The van der Waals surface area contributed by atoms with Gasteiger partial charge >= 0.3 is 0 Å². The summed E-state index contributed by atoms with van der Waals surface area (Å²) in [7, 11) is 0. The average molecular weight is 351 g/mol. The Morgan fingerprint density at radius 3 is 2.79 bits per heavy atom. The zero-order valence-corrected chi connectivity index (χ0v) is 14.6. The van der Waals surface area contributed by atoms with Gasteiger partial charge in [-0.2, -0.15) is 0 Å². The highest BCUT2D eigenvalue weighted by Gasteiger charge is 2.39. The summed E-state index contributed by atoms with van der Waals surface area (Å²) in [6.07, 6.45) is 3.82. The van der Waals surface area contributed by atoms with Crippen molar-refractivity contribution in [3.8, 4) is 0 Å². The van der Waals surface area contributed by atoms with Crippen LogP contribution in [-0.4, -0.2) is 31.1 Å². The molecule has 0 bridgehead atoms. The minimum atomic E-state index is -0.767. The Hall–Kier alpha value is -1.59. The first-order valence-corrected chi connectivity index (χ1v) is 8.85. The summed E-state index contributed by atoms with van der Waals surface area (Å²) < 4.78 is 5.54. The fraction of sp³-hybridized carbons (Fsp3) is 0.556. The van der Waals surface area contributed by atoms with Gasteiger partial charge in [0.05, 0.1) is 6.04 Å². The van der Waals surface area contributed by atoms with Crippen molar-refractivity contribution < 1.29 is 14.3 Å². The second kappa shape index (κ2) is 7.11. The first-order valence-electron chi connectivity index (χ1n) is 8.48. The van der Waals surface area contributed by atoms with E-state index in [4.69, 9.17) is 16.3 Å². The molecule has 1 aromatic carbocycles. The van der Waals surface area contributed by atoms with Crippen molar-refractivity contribution in [1.82, 2.24) is 10.6 Å². The molecule has 0 radical (unpaired) electrons. The molecule has 130 valence electrons. The van der Waals surface area contributed by atoms with Gasteiger partial charge in [0, 0.05) is 11.6 Å². The minimum absolute atomic E-state index is 0.113. The molecule has 3 rings (SSSR count). The van der Waals surface area contributed by atoms with Gasteiger partial charge in [-0.3, -0.25) is 9.59 Å². The molecule has 2 N–H and O–H groups in total. The Kier molecular flexibility index (Phi) is 5.11. The number of nitrogens with one attached hydrogen (secondary N) is 2. The van der Waals surface area contributed by atoms with E-state index in [0.29, 0.717) is 17.1 Å². The van der Waals surface area contributed by atoms with Crippen LogP contribution in [0.2, 0.25) is 5.02 Å². The van der Waals surface area contributed by atoms with Crippen molar-refractivity contribution in [3.63, 3.8) is 0 Å². The Balaban J connectivity index is 1.73. The number of morpholine rings is 1. The largest absolute Gasteiger partial charge is 0.356 e. The lowest BCUT2D eigenvalue weighted by molar-refractivity contribution is -0.148. The van der Waals surface area contributed by atoms with E-state index in [-0.39, 0.29) is 23.8 Å². The molecule has 0 spiro atoms. The Bertz CT molecular complexity index is 625. The fourth-order valence-electron chi connectivity index (χ4n) is 3.46. The molecule has 2 atom stereocenters. The molecule has 24 heavy (non-hydrogen) atoms. The topological polar surface area (TPSA) is 67.4 Å². The zero-order valence-electron chi connectivity index (χ0n) is 13.8. The molecule has 2 amide bonds. The van der Waals surface area contributed by atoms with Crippen LogP contribution in [-0.2, 0) is 14.3 Å². The highest BCUT2D eigenvalue weighted by molar-refractivity contribution is 6.31. The number of benzene rings is 1. The maximum atomic E-state index is 12.7. The van der Waals surface area contributed by atoms with Crippen LogP contribution in [0, 0.1) is 5.41 Å². The van der Waals surface area contributed by atoms with Crippen LogP contribution >= 0.6 is 11.6 Å². The Morgan fingerprint density at radius 1 is 1.42 bits per heavy atom. The van der Waals surface area contributed by atoms with Gasteiger partial charge in [-0.1, -0.05) is 43.1 Å². The number of halogens is 1. The molecule has 0 unspecified atom stereocenters. The van der Waals surface area contributed by atoms with Gasteiger partial charge < -0.3 is 15.4 Å². The second-order valence-corrected chi connectivity index (χ2v) is 7.13. The maximum absolute atomic E-state index is 12.7. The van der Waals surface area contributed by atoms with E-state index in [9.17, 15) is 9.59 Å². The predicted octanol–water partition coefficient (Wildman–Crippen LogP) is 2.59. The molecular formula is C18H23ClN2O3. The van der Waals surface area contributed by atoms with Crippen LogP contribution in [0.5, 0.6) is 0 Å². The van der Waals surface area contributed by atoms with Gasteiger partial charge in [0.2, 0.25) is 5.91 Å². The third kappa shape index (κ3) is 3.42. The van der Waals surface area contributed by atoms with E-state index in [1.165, 1.54) is 6.42 Å². The van der Waals surface area contributed by atoms with E-state index >= 15 is 0 Å². The lowest BCUT2D eigenvalue weighted by Gasteiger charge is -2.42. The quantitative estimate of drug-likeness (QED) is 0.857. The van der Waals surface area contributed by atoms with Crippen LogP contribution in [0.15, 0.2) is 24.3 Å². The number of hydrogen-bond donors (Lipinski definition) is 2. The van der Waals surface area contributed by atoms with E-state index in [1.807, 2.05) is 18.2 Å². The molecule has 1 saturated heterocycles. The Labute approximate surface area is 147 Å². The SMILES string of the molecule is CCC1(CNC(=O)[C@H]2OCC(=O)N[C@@H]2c2ccccc2Cl)CCC1. The number of carbonyl (C=O) groups is 2. The molecule has 1 aliphatic carbocycles. The zero-order chi connectivity index (χ0) is 17.2.